The van der Waals surface area contributed by atoms with Crippen LogP contribution in [0, 0.1) is 0 Å². The monoisotopic (exact) mass is 306 g/mol. The van der Waals surface area contributed by atoms with Crippen molar-refractivity contribution in [3.8, 4) is 0 Å². The van der Waals surface area contributed by atoms with Crippen molar-refractivity contribution in [2.45, 2.75) is 19.5 Å². The maximum atomic E-state index is 11.4. The van der Waals surface area contributed by atoms with E-state index >= 15 is 0 Å². The number of hydrogen-bond acceptors (Lipinski definition) is 6. The summed E-state index contributed by atoms with van der Waals surface area (Å²) in [5, 5.41) is 16.3. The number of likely N-dealkylation sites (N-methyl/N-ethyl adjacent to an activating group) is 1. The van der Waals surface area contributed by atoms with E-state index in [1.807, 2.05) is 5.38 Å². The van der Waals surface area contributed by atoms with E-state index in [1.54, 1.807) is 24.6 Å². The molecule has 7 nitrogen and oxygen atoms in total. The van der Waals surface area contributed by atoms with Gasteiger partial charge in [-0.1, -0.05) is 0 Å². The molecule has 0 unspecified atom stereocenters. The van der Waals surface area contributed by atoms with Crippen molar-refractivity contribution in [3.63, 3.8) is 0 Å². The number of aromatic nitrogens is 3. The minimum atomic E-state index is 0.0450. The topological polar surface area (TPSA) is 85.9 Å². The second kappa shape index (κ2) is 6.23. The van der Waals surface area contributed by atoms with Gasteiger partial charge in [0.2, 0.25) is 5.91 Å². The summed E-state index contributed by atoms with van der Waals surface area (Å²) < 4.78 is 0. The highest BCUT2D eigenvalue weighted by Crippen LogP contribution is 2.21. The molecule has 2 aromatic rings. The van der Waals surface area contributed by atoms with Crippen molar-refractivity contribution in [1.82, 2.24) is 25.4 Å². The van der Waals surface area contributed by atoms with Crippen LogP contribution in [0.2, 0.25) is 0 Å². The highest BCUT2D eigenvalue weighted by Gasteiger charge is 2.22. The molecule has 1 amide bonds. The Morgan fingerprint density at radius 3 is 3.24 bits per heavy atom. The molecule has 0 saturated carbocycles. The molecule has 112 valence electrons. The average molecular weight is 306 g/mol. The molecule has 1 aliphatic rings. The van der Waals surface area contributed by atoms with Gasteiger partial charge in [0.25, 0.3) is 0 Å². The molecule has 3 heterocycles. The van der Waals surface area contributed by atoms with Crippen molar-refractivity contribution in [1.29, 1.82) is 0 Å². The minimum Gasteiger partial charge on any atom is -0.358 e. The Bertz CT molecular complexity index is 608. The molecule has 0 aromatic carbocycles. The van der Waals surface area contributed by atoms with E-state index in [1.165, 1.54) is 5.56 Å². The molecular weight excluding hydrogens is 288 g/mol. The maximum absolute atomic E-state index is 11.4. The number of H-pyrrole nitrogens is 1. The van der Waals surface area contributed by atoms with Crippen molar-refractivity contribution in [2.75, 3.05) is 25.5 Å². The van der Waals surface area contributed by atoms with Crippen LogP contribution in [0.4, 0.5) is 5.13 Å². The summed E-state index contributed by atoms with van der Waals surface area (Å²) in [5.41, 5.74) is 3.42. The van der Waals surface area contributed by atoms with E-state index in [4.69, 9.17) is 0 Å². The van der Waals surface area contributed by atoms with E-state index in [0.29, 0.717) is 13.1 Å². The van der Waals surface area contributed by atoms with Crippen LogP contribution in [-0.4, -0.2) is 46.1 Å². The van der Waals surface area contributed by atoms with Crippen LogP contribution in [0.3, 0.4) is 0 Å². The highest BCUT2D eigenvalue weighted by atomic mass is 32.1. The van der Waals surface area contributed by atoms with Gasteiger partial charge >= 0.3 is 0 Å². The van der Waals surface area contributed by atoms with Gasteiger partial charge in [-0.05, 0) is 6.42 Å². The van der Waals surface area contributed by atoms with Crippen LogP contribution in [-0.2, 0) is 24.3 Å². The van der Waals surface area contributed by atoms with Crippen molar-refractivity contribution in [3.05, 3.63) is 28.5 Å². The summed E-state index contributed by atoms with van der Waals surface area (Å²) in [5.74, 6) is 0.0450. The lowest BCUT2D eigenvalue weighted by Crippen LogP contribution is -2.38. The zero-order chi connectivity index (χ0) is 14.7. The predicted octanol–water partition coefficient (Wildman–Crippen LogP) is 0.582. The van der Waals surface area contributed by atoms with Gasteiger partial charge < -0.3 is 10.6 Å². The lowest BCUT2D eigenvalue weighted by atomic mass is 10.0. The number of thiazole rings is 1. The number of carbonyl (C=O) groups excluding carboxylic acids is 1. The average Bonchev–Trinajstić information content (AvgIpc) is 3.14. The standard InChI is InChI=1S/C13H18N6OS/c1-14-12(20)8-19-4-2-9-10(17-18-11(9)7-19)6-16-13-15-3-5-21-13/h3,5H,2,4,6-8H2,1H3,(H,14,20)(H,15,16)(H,17,18). The molecule has 3 N–H and O–H groups in total. The zero-order valence-corrected chi connectivity index (χ0v) is 12.7. The van der Waals surface area contributed by atoms with Gasteiger partial charge in [0.1, 0.15) is 0 Å². The van der Waals surface area contributed by atoms with Crippen LogP contribution in [0.5, 0.6) is 0 Å². The predicted molar refractivity (Wildman–Crippen MR) is 81.1 cm³/mol. The largest absolute Gasteiger partial charge is 0.358 e. The Labute approximate surface area is 126 Å². The van der Waals surface area contributed by atoms with E-state index in [2.05, 4.69) is 30.7 Å². The van der Waals surface area contributed by atoms with E-state index in [9.17, 15) is 4.79 Å². The lowest BCUT2D eigenvalue weighted by Gasteiger charge is -2.25. The molecule has 0 spiro atoms. The van der Waals surface area contributed by atoms with Gasteiger partial charge in [0.15, 0.2) is 5.13 Å². The fourth-order valence-electron chi connectivity index (χ4n) is 2.48. The van der Waals surface area contributed by atoms with Crippen molar-refractivity contribution >= 4 is 22.4 Å². The fraction of sp³-hybridized carbons (Fsp3) is 0.462. The molecule has 2 aromatic heterocycles. The first-order chi connectivity index (χ1) is 10.3. The summed E-state index contributed by atoms with van der Waals surface area (Å²) in [6.45, 7) is 2.73. The second-order valence-electron chi connectivity index (χ2n) is 4.95. The zero-order valence-electron chi connectivity index (χ0n) is 11.8. The van der Waals surface area contributed by atoms with Gasteiger partial charge in [-0.25, -0.2) is 4.98 Å². The molecule has 0 aliphatic carbocycles. The third-order valence-corrected chi connectivity index (χ3v) is 4.31. The minimum absolute atomic E-state index is 0.0450. The van der Waals surface area contributed by atoms with Gasteiger partial charge in [-0.2, -0.15) is 5.10 Å². The SMILES string of the molecule is CNC(=O)CN1CCc2c(CNc3nccs3)n[nH]c2C1. The number of nitrogens with zero attached hydrogens (tertiary/aromatic N) is 3. The third kappa shape index (κ3) is 3.22. The van der Waals surface area contributed by atoms with Gasteiger partial charge in [-0.15, -0.1) is 11.3 Å². The van der Waals surface area contributed by atoms with E-state index < -0.39 is 0 Å². The van der Waals surface area contributed by atoms with Gasteiger partial charge in [0, 0.05) is 37.3 Å². The van der Waals surface area contributed by atoms with Crippen LogP contribution in [0.1, 0.15) is 17.0 Å². The summed E-state index contributed by atoms with van der Waals surface area (Å²) in [6.07, 6.45) is 2.70. The summed E-state index contributed by atoms with van der Waals surface area (Å²) in [7, 11) is 1.66. The molecular formula is C13H18N6OS. The second-order valence-corrected chi connectivity index (χ2v) is 5.85. The molecule has 0 atom stereocenters. The fourth-order valence-corrected chi connectivity index (χ4v) is 3.00. The Morgan fingerprint density at radius 1 is 1.57 bits per heavy atom. The van der Waals surface area contributed by atoms with Crippen LogP contribution in [0.15, 0.2) is 11.6 Å². The molecule has 0 radical (unpaired) electrons. The number of anilines is 1. The molecule has 1 aliphatic heterocycles. The van der Waals surface area contributed by atoms with E-state index in [0.717, 1.165) is 36.0 Å². The van der Waals surface area contributed by atoms with Crippen LogP contribution >= 0.6 is 11.3 Å². The molecule has 21 heavy (non-hydrogen) atoms. The summed E-state index contributed by atoms with van der Waals surface area (Å²) in [4.78, 5) is 17.8. The maximum Gasteiger partial charge on any atom is 0.233 e. The number of rotatable bonds is 5. The lowest BCUT2D eigenvalue weighted by molar-refractivity contribution is -0.121. The molecule has 8 heteroatoms. The van der Waals surface area contributed by atoms with Crippen LogP contribution < -0.4 is 10.6 Å². The summed E-state index contributed by atoms with van der Waals surface area (Å²) in [6, 6.07) is 0. The number of fused-ring (bicyclic) bond motifs is 1. The molecule has 0 bridgehead atoms. The molecule has 3 rings (SSSR count). The third-order valence-electron chi connectivity index (χ3n) is 3.58. The Balaban J connectivity index is 1.62. The van der Waals surface area contributed by atoms with Crippen molar-refractivity contribution < 1.29 is 4.79 Å². The van der Waals surface area contributed by atoms with Crippen LogP contribution in [0.25, 0.3) is 0 Å². The van der Waals surface area contributed by atoms with Crippen molar-refractivity contribution in [2.24, 2.45) is 0 Å². The first-order valence-corrected chi connectivity index (χ1v) is 7.75. The highest BCUT2D eigenvalue weighted by molar-refractivity contribution is 7.13. The number of amides is 1. The van der Waals surface area contributed by atoms with E-state index in [-0.39, 0.29) is 5.91 Å². The Kier molecular flexibility index (Phi) is 4.16. The van der Waals surface area contributed by atoms with Gasteiger partial charge in [-0.3, -0.25) is 14.8 Å². The first-order valence-electron chi connectivity index (χ1n) is 6.87. The quantitative estimate of drug-likeness (QED) is 0.752. The first kappa shape index (κ1) is 14.0. The Hall–Kier alpha value is -1.93. The molecule has 0 saturated heterocycles. The Morgan fingerprint density at radius 2 is 2.48 bits per heavy atom. The smallest absolute Gasteiger partial charge is 0.233 e. The summed E-state index contributed by atoms with van der Waals surface area (Å²) >= 11 is 1.58. The number of carbonyl (C=O) groups is 1. The molecule has 0 fully saturated rings. The number of aromatic amines is 1. The number of hydrogen-bond donors (Lipinski definition) is 3. The number of nitrogens with one attached hydrogen (secondary N) is 3. The normalized spacial score (nSPS) is 14.7. The van der Waals surface area contributed by atoms with Gasteiger partial charge in [0.05, 0.1) is 24.5 Å².